The minimum Gasteiger partial charge on any atom is -0.335 e. The summed E-state index contributed by atoms with van der Waals surface area (Å²) in [5, 5.41) is 0. The van der Waals surface area contributed by atoms with Crippen LogP contribution in [0, 0.1) is 6.92 Å². The smallest absolute Gasteiger partial charge is 0.274 e. The zero-order valence-electron chi connectivity index (χ0n) is 14.1. The number of carbonyl (C=O) groups excluding carboxylic acids is 1. The topological polar surface area (TPSA) is 40.9 Å². The van der Waals surface area contributed by atoms with E-state index in [1.165, 1.54) is 24.3 Å². The molecule has 0 N–H and O–H groups in total. The lowest BCUT2D eigenvalue weighted by Gasteiger charge is -2.40. The van der Waals surface area contributed by atoms with Crippen molar-refractivity contribution in [3.05, 3.63) is 35.8 Å². The molecule has 0 radical (unpaired) electrons. The van der Waals surface area contributed by atoms with Crippen LogP contribution < -0.4 is 0 Å². The van der Waals surface area contributed by atoms with Crippen LogP contribution in [-0.4, -0.2) is 68.8 Å². The van der Waals surface area contributed by atoms with Crippen LogP contribution >= 0.6 is 11.8 Å². The molecule has 0 bridgehead atoms. The van der Waals surface area contributed by atoms with Crippen LogP contribution in [-0.2, 0) is 0 Å². The van der Waals surface area contributed by atoms with Gasteiger partial charge in [0.25, 0.3) is 5.91 Å². The summed E-state index contributed by atoms with van der Waals surface area (Å²) in [6, 6.07) is 4.71. The summed E-state index contributed by atoms with van der Waals surface area (Å²) < 4.78 is 1.94. The molecule has 2 fully saturated rings. The predicted molar refractivity (Wildman–Crippen MR) is 97.8 cm³/mol. The largest absolute Gasteiger partial charge is 0.335 e. The first-order valence-electron chi connectivity index (χ1n) is 8.77. The Morgan fingerprint density at radius 2 is 1.88 bits per heavy atom. The standard InChI is InChI=1S/C18H24N4OS/c1-14-2-3-17-19-16(13-22(17)12-14)18(23)21-8-6-20(7-9-21)15-4-10-24-11-5-15/h2-3,12-13,15H,4-11H2,1H3. The fourth-order valence-corrected chi connectivity index (χ4v) is 4.79. The molecule has 2 aliphatic rings. The highest BCUT2D eigenvalue weighted by Crippen LogP contribution is 2.23. The van der Waals surface area contributed by atoms with Gasteiger partial charge in [-0.25, -0.2) is 4.98 Å². The number of thioether (sulfide) groups is 1. The van der Waals surface area contributed by atoms with Gasteiger partial charge in [-0.3, -0.25) is 9.69 Å². The number of pyridine rings is 1. The van der Waals surface area contributed by atoms with E-state index in [-0.39, 0.29) is 5.91 Å². The molecule has 128 valence electrons. The van der Waals surface area contributed by atoms with Crippen molar-refractivity contribution in [3.63, 3.8) is 0 Å². The molecule has 0 spiro atoms. The molecular formula is C18H24N4OS. The average molecular weight is 344 g/mol. The summed E-state index contributed by atoms with van der Waals surface area (Å²) >= 11 is 2.07. The number of hydrogen-bond donors (Lipinski definition) is 0. The number of aryl methyl sites for hydroxylation is 1. The Balaban J connectivity index is 1.41. The SMILES string of the molecule is Cc1ccc2nc(C(=O)N3CCN(C4CCSCC4)CC3)cn2c1. The number of imidazole rings is 1. The number of rotatable bonds is 2. The van der Waals surface area contributed by atoms with E-state index in [1.807, 2.05) is 40.8 Å². The predicted octanol–water partition coefficient (Wildman–Crippen LogP) is 2.30. The fraction of sp³-hybridized carbons (Fsp3) is 0.556. The Morgan fingerprint density at radius 1 is 1.12 bits per heavy atom. The zero-order chi connectivity index (χ0) is 16.5. The van der Waals surface area contributed by atoms with Crippen molar-refractivity contribution in [2.45, 2.75) is 25.8 Å². The Morgan fingerprint density at radius 3 is 2.62 bits per heavy atom. The molecule has 4 rings (SSSR count). The van der Waals surface area contributed by atoms with Crippen LogP contribution in [0.4, 0.5) is 0 Å². The van der Waals surface area contributed by atoms with E-state index >= 15 is 0 Å². The second-order valence-corrected chi connectivity index (χ2v) is 7.99. The van der Waals surface area contributed by atoms with Crippen molar-refractivity contribution in [2.75, 3.05) is 37.7 Å². The number of fused-ring (bicyclic) bond motifs is 1. The molecule has 0 atom stereocenters. The summed E-state index contributed by atoms with van der Waals surface area (Å²) in [7, 11) is 0. The molecule has 6 heteroatoms. The Hall–Kier alpha value is -1.53. The van der Waals surface area contributed by atoms with Gasteiger partial charge in [0, 0.05) is 44.6 Å². The number of piperazine rings is 1. The minimum atomic E-state index is 0.0650. The van der Waals surface area contributed by atoms with Crippen molar-refractivity contribution >= 4 is 23.3 Å². The highest BCUT2D eigenvalue weighted by Gasteiger charge is 2.28. The second-order valence-electron chi connectivity index (χ2n) is 6.77. The summed E-state index contributed by atoms with van der Waals surface area (Å²) in [4.78, 5) is 21.8. The Kier molecular flexibility index (Phi) is 4.50. The molecule has 2 aromatic heterocycles. The molecule has 4 heterocycles. The van der Waals surface area contributed by atoms with Gasteiger partial charge in [0.05, 0.1) is 0 Å². The minimum absolute atomic E-state index is 0.0650. The van der Waals surface area contributed by atoms with E-state index < -0.39 is 0 Å². The summed E-state index contributed by atoms with van der Waals surface area (Å²) in [5.41, 5.74) is 2.56. The number of carbonyl (C=O) groups is 1. The molecule has 2 aromatic rings. The van der Waals surface area contributed by atoms with Gasteiger partial charge in [-0.05, 0) is 42.9 Å². The van der Waals surface area contributed by atoms with Crippen LogP contribution in [0.3, 0.4) is 0 Å². The first-order chi connectivity index (χ1) is 11.7. The van der Waals surface area contributed by atoms with Crippen molar-refractivity contribution in [2.24, 2.45) is 0 Å². The van der Waals surface area contributed by atoms with Crippen molar-refractivity contribution < 1.29 is 4.79 Å². The molecular weight excluding hydrogens is 320 g/mol. The third-order valence-corrected chi connectivity index (χ3v) is 6.18. The van der Waals surface area contributed by atoms with E-state index in [2.05, 4.69) is 21.6 Å². The van der Waals surface area contributed by atoms with Gasteiger partial charge in [-0.15, -0.1) is 0 Å². The summed E-state index contributed by atoms with van der Waals surface area (Å²) in [6.45, 7) is 5.66. The van der Waals surface area contributed by atoms with Gasteiger partial charge in [0.15, 0.2) is 0 Å². The van der Waals surface area contributed by atoms with Gasteiger partial charge in [-0.2, -0.15) is 11.8 Å². The van der Waals surface area contributed by atoms with E-state index in [1.54, 1.807) is 0 Å². The van der Waals surface area contributed by atoms with Gasteiger partial charge in [-0.1, -0.05) is 6.07 Å². The highest BCUT2D eigenvalue weighted by molar-refractivity contribution is 7.99. The average Bonchev–Trinajstić information content (AvgIpc) is 3.05. The number of aromatic nitrogens is 2. The lowest BCUT2D eigenvalue weighted by molar-refractivity contribution is 0.0554. The lowest BCUT2D eigenvalue weighted by atomic mass is 10.1. The lowest BCUT2D eigenvalue weighted by Crippen LogP contribution is -2.52. The molecule has 2 aliphatic heterocycles. The summed E-state index contributed by atoms with van der Waals surface area (Å²) in [6.07, 6.45) is 6.46. The third-order valence-electron chi connectivity index (χ3n) is 5.13. The van der Waals surface area contributed by atoms with E-state index in [4.69, 9.17) is 0 Å². The normalized spacial score (nSPS) is 20.6. The fourth-order valence-electron chi connectivity index (χ4n) is 3.71. The first-order valence-corrected chi connectivity index (χ1v) is 9.92. The number of hydrogen-bond acceptors (Lipinski definition) is 4. The molecule has 2 saturated heterocycles. The number of nitrogens with zero attached hydrogens (tertiary/aromatic N) is 4. The van der Waals surface area contributed by atoms with Crippen LogP contribution in [0.5, 0.6) is 0 Å². The van der Waals surface area contributed by atoms with Crippen molar-refractivity contribution in [3.8, 4) is 0 Å². The van der Waals surface area contributed by atoms with Gasteiger partial charge >= 0.3 is 0 Å². The molecule has 0 aromatic carbocycles. The zero-order valence-corrected chi connectivity index (χ0v) is 15.0. The molecule has 24 heavy (non-hydrogen) atoms. The molecule has 0 aliphatic carbocycles. The van der Waals surface area contributed by atoms with Gasteiger partial charge < -0.3 is 9.30 Å². The Bertz CT molecular complexity index is 730. The maximum absolute atomic E-state index is 12.8. The summed E-state index contributed by atoms with van der Waals surface area (Å²) in [5.74, 6) is 2.63. The first kappa shape index (κ1) is 16.0. The number of amides is 1. The van der Waals surface area contributed by atoms with Crippen LogP contribution in [0.2, 0.25) is 0 Å². The quantitative estimate of drug-likeness (QED) is 0.838. The van der Waals surface area contributed by atoms with E-state index in [9.17, 15) is 4.79 Å². The molecule has 0 saturated carbocycles. The van der Waals surface area contributed by atoms with Gasteiger partial charge in [0.1, 0.15) is 11.3 Å². The van der Waals surface area contributed by atoms with Crippen LogP contribution in [0.15, 0.2) is 24.5 Å². The van der Waals surface area contributed by atoms with E-state index in [0.29, 0.717) is 5.69 Å². The van der Waals surface area contributed by atoms with Crippen molar-refractivity contribution in [1.29, 1.82) is 0 Å². The maximum atomic E-state index is 12.8. The third kappa shape index (κ3) is 3.17. The maximum Gasteiger partial charge on any atom is 0.274 e. The molecule has 0 unspecified atom stereocenters. The van der Waals surface area contributed by atoms with Gasteiger partial charge in [0.2, 0.25) is 0 Å². The molecule has 1 amide bonds. The monoisotopic (exact) mass is 344 g/mol. The van der Waals surface area contributed by atoms with Crippen molar-refractivity contribution in [1.82, 2.24) is 19.2 Å². The van der Waals surface area contributed by atoms with Crippen LogP contribution in [0.25, 0.3) is 5.65 Å². The highest BCUT2D eigenvalue weighted by atomic mass is 32.2. The second kappa shape index (κ2) is 6.76. The Labute approximate surface area is 147 Å². The molecule has 5 nitrogen and oxygen atoms in total. The van der Waals surface area contributed by atoms with Crippen LogP contribution in [0.1, 0.15) is 28.9 Å². The van der Waals surface area contributed by atoms with E-state index in [0.717, 1.165) is 43.4 Å².